The maximum absolute atomic E-state index is 13.8. The number of aromatic nitrogens is 1. The van der Waals surface area contributed by atoms with Gasteiger partial charge < -0.3 is 10.0 Å². The molecular weight excluding hydrogens is 338 g/mol. The zero-order valence-electron chi connectivity index (χ0n) is 12.7. The van der Waals surface area contributed by atoms with Crippen molar-refractivity contribution in [2.45, 2.75) is 31.8 Å². The average molecular weight is 352 g/mol. The third-order valence-corrected chi connectivity index (χ3v) is 4.71. The zero-order valence-corrected chi connectivity index (χ0v) is 13.5. The van der Waals surface area contributed by atoms with Crippen LogP contribution >= 0.6 is 11.3 Å². The normalized spacial score (nSPS) is 15.1. The lowest BCUT2D eigenvalue weighted by Crippen LogP contribution is -2.44. The summed E-state index contributed by atoms with van der Waals surface area (Å²) in [4.78, 5) is 29.1. The molecule has 0 saturated heterocycles. The van der Waals surface area contributed by atoms with Gasteiger partial charge in [0.1, 0.15) is 28.4 Å². The monoisotopic (exact) mass is 352 g/mol. The predicted molar refractivity (Wildman–Crippen MR) is 83.8 cm³/mol. The van der Waals surface area contributed by atoms with Gasteiger partial charge in [0.15, 0.2) is 0 Å². The molecule has 0 spiro atoms. The average Bonchev–Trinajstić information content (AvgIpc) is 3.23. The van der Waals surface area contributed by atoms with Crippen molar-refractivity contribution in [3.05, 3.63) is 40.9 Å². The van der Waals surface area contributed by atoms with Crippen LogP contribution in [0.3, 0.4) is 0 Å². The number of nitrogens with zero attached hydrogens (tertiary/aromatic N) is 2. The molecule has 1 aromatic heterocycles. The van der Waals surface area contributed by atoms with Gasteiger partial charge in [-0.15, -0.1) is 11.3 Å². The minimum atomic E-state index is -1.11. The van der Waals surface area contributed by atoms with Crippen molar-refractivity contribution >= 4 is 23.2 Å². The SMILES string of the molecule is CC(C(=O)O)N(C(=O)c1csc(-c2c(F)cccc2F)n1)C1CC1. The Hall–Kier alpha value is -2.35. The maximum Gasteiger partial charge on any atom is 0.326 e. The van der Waals surface area contributed by atoms with Crippen LogP contribution in [0.2, 0.25) is 0 Å². The predicted octanol–water partition coefficient (Wildman–Crippen LogP) is 3.17. The van der Waals surface area contributed by atoms with E-state index in [1.54, 1.807) is 0 Å². The van der Waals surface area contributed by atoms with Gasteiger partial charge in [-0.05, 0) is 31.9 Å². The molecule has 1 aliphatic rings. The third-order valence-electron chi connectivity index (χ3n) is 3.85. The van der Waals surface area contributed by atoms with E-state index in [-0.39, 0.29) is 22.3 Å². The topological polar surface area (TPSA) is 70.5 Å². The number of amides is 1. The van der Waals surface area contributed by atoms with E-state index in [1.807, 2.05) is 0 Å². The van der Waals surface area contributed by atoms with E-state index in [0.29, 0.717) is 0 Å². The van der Waals surface area contributed by atoms with Crippen molar-refractivity contribution < 1.29 is 23.5 Å². The first kappa shape index (κ1) is 16.5. The fourth-order valence-electron chi connectivity index (χ4n) is 2.45. The Labute approximate surface area is 140 Å². The van der Waals surface area contributed by atoms with Crippen LogP contribution in [-0.4, -0.2) is 39.0 Å². The summed E-state index contributed by atoms with van der Waals surface area (Å²) in [6.07, 6.45) is 1.48. The largest absolute Gasteiger partial charge is 0.480 e. The quantitative estimate of drug-likeness (QED) is 0.897. The number of rotatable bonds is 5. The first-order valence-electron chi connectivity index (χ1n) is 7.35. The molecule has 1 N–H and O–H groups in total. The summed E-state index contributed by atoms with van der Waals surface area (Å²) in [6.45, 7) is 1.43. The van der Waals surface area contributed by atoms with Gasteiger partial charge in [0.05, 0.1) is 5.56 Å². The highest BCUT2D eigenvalue weighted by molar-refractivity contribution is 7.13. The lowest BCUT2D eigenvalue weighted by molar-refractivity contribution is -0.141. The second kappa shape index (κ2) is 6.27. The highest BCUT2D eigenvalue weighted by Crippen LogP contribution is 2.33. The number of aliphatic carboxylic acids is 1. The van der Waals surface area contributed by atoms with Gasteiger partial charge >= 0.3 is 5.97 Å². The Bertz CT molecular complexity index is 784. The molecule has 2 aromatic rings. The number of hydrogen-bond donors (Lipinski definition) is 1. The van der Waals surface area contributed by atoms with Crippen molar-refractivity contribution in [3.8, 4) is 10.6 Å². The molecule has 1 aromatic carbocycles. The Morgan fingerprint density at radius 3 is 2.50 bits per heavy atom. The van der Waals surface area contributed by atoms with Gasteiger partial charge in [0.2, 0.25) is 0 Å². The molecule has 8 heteroatoms. The molecule has 1 atom stereocenters. The van der Waals surface area contributed by atoms with E-state index in [2.05, 4.69) is 4.98 Å². The van der Waals surface area contributed by atoms with Gasteiger partial charge in [-0.25, -0.2) is 18.6 Å². The Kier molecular flexibility index (Phi) is 4.31. The summed E-state index contributed by atoms with van der Waals surface area (Å²) in [5, 5.41) is 10.6. The molecular formula is C16H14F2N2O3S. The van der Waals surface area contributed by atoms with Crippen LogP contribution in [0.1, 0.15) is 30.3 Å². The van der Waals surface area contributed by atoms with Gasteiger partial charge in [-0.2, -0.15) is 0 Å². The molecule has 1 unspecified atom stereocenters. The fourth-order valence-corrected chi connectivity index (χ4v) is 3.29. The minimum absolute atomic E-state index is 0.00217. The van der Waals surface area contributed by atoms with E-state index in [0.717, 1.165) is 36.3 Å². The van der Waals surface area contributed by atoms with Crippen LogP contribution < -0.4 is 0 Å². The molecule has 1 aliphatic carbocycles. The number of benzene rings is 1. The van der Waals surface area contributed by atoms with E-state index >= 15 is 0 Å². The lowest BCUT2D eigenvalue weighted by atomic mass is 10.2. The van der Waals surface area contributed by atoms with Crippen molar-refractivity contribution in [2.24, 2.45) is 0 Å². The second-order valence-corrected chi connectivity index (χ2v) is 6.45. The molecule has 3 rings (SSSR count). The van der Waals surface area contributed by atoms with Crippen LogP contribution in [0, 0.1) is 11.6 Å². The molecule has 1 amide bonds. The molecule has 5 nitrogen and oxygen atoms in total. The molecule has 126 valence electrons. The highest BCUT2D eigenvalue weighted by atomic mass is 32.1. The maximum atomic E-state index is 13.8. The van der Waals surface area contributed by atoms with E-state index < -0.39 is 29.6 Å². The summed E-state index contributed by atoms with van der Waals surface area (Å²) in [6, 6.07) is 2.37. The number of hydrogen-bond acceptors (Lipinski definition) is 4. The van der Waals surface area contributed by atoms with Gasteiger partial charge in [0.25, 0.3) is 5.91 Å². The number of carboxylic acid groups (broad SMARTS) is 1. The van der Waals surface area contributed by atoms with Gasteiger partial charge in [-0.3, -0.25) is 4.79 Å². The van der Waals surface area contributed by atoms with E-state index in [9.17, 15) is 23.5 Å². The lowest BCUT2D eigenvalue weighted by Gasteiger charge is -2.25. The summed E-state index contributed by atoms with van der Waals surface area (Å²) >= 11 is 0.943. The molecule has 1 heterocycles. The van der Waals surface area contributed by atoms with Gasteiger partial charge in [0, 0.05) is 11.4 Å². The molecule has 0 radical (unpaired) electrons. The van der Waals surface area contributed by atoms with Crippen molar-refractivity contribution in [1.29, 1.82) is 0 Å². The third kappa shape index (κ3) is 3.01. The van der Waals surface area contributed by atoms with E-state index in [1.165, 1.54) is 23.3 Å². The summed E-state index contributed by atoms with van der Waals surface area (Å²) < 4.78 is 27.7. The Morgan fingerprint density at radius 2 is 1.96 bits per heavy atom. The van der Waals surface area contributed by atoms with Crippen molar-refractivity contribution in [3.63, 3.8) is 0 Å². The summed E-state index contributed by atoms with van der Waals surface area (Å²) in [5.41, 5.74) is -0.288. The summed E-state index contributed by atoms with van der Waals surface area (Å²) in [7, 11) is 0. The molecule has 1 fully saturated rings. The number of carboxylic acids is 1. The van der Waals surface area contributed by atoms with Crippen LogP contribution in [-0.2, 0) is 4.79 Å². The Morgan fingerprint density at radius 1 is 1.33 bits per heavy atom. The fraction of sp³-hybridized carbons (Fsp3) is 0.312. The minimum Gasteiger partial charge on any atom is -0.480 e. The van der Waals surface area contributed by atoms with Crippen LogP contribution in [0.25, 0.3) is 10.6 Å². The molecule has 0 aliphatic heterocycles. The van der Waals surface area contributed by atoms with Crippen LogP contribution in [0.15, 0.2) is 23.6 Å². The number of carbonyl (C=O) groups excluding carboxylic acids is 1. The highest BCUT2D eigenvalue weighted by Gasteiger charge is 2.39. The Balaban J connectivity index is 1.92. The molecule has 24 heavy (non-hydrogen) atoms. The van der Waals surface area contributed by atoms with Crippen molar-refractivity contribution in [1.82, 2.24) is 9.88 Å². The van der Waals surface area contributed by atoms with Gasteiger partial charge in [-0.1, -0.05) is 6.07 Å². The first-order valence-corrected chi connectivity index (χ1v) is 8.23. The smallest absolute Gasteiger partial charge is 0.326 e. The standard InChI is InChI=1S/C16H14F2N2O3S/c1-8(16(22)23)20(9-5-6-9)15(21)12-7-24-14(19-12)13-10(17)3-2-4-11(13)18/h2-4,7-9H,5-6H2,1H3,(H,22,23). The van der Waals surface area contributed by atoms with Crippen LogP contribution in [0.5, 0.6) is 0 Å². The number of thiazole rings is 1. The van der Waals surface area contributed by atoms with Crippen molar-refractivity contribution in [2.75, 3.05) is 0 Å². The zero-order chi connectivity index (χ0) is 17.4. The van der Waals surface area contributed by atoms with Crippen LogP contribution in [0.4, 0.5) is 8.78 Å². The first-order chi connectivity index (χ1) is 11.4. The second-order valence-electron chi connectivity index (χ2n) is 5.59. The van der Waals surface area contributed by atoms with E-state index in [4.69, 9.17) is 0 Å². The number of carbonyl (C=O) groups is 2. The molecule has 1 saturated carbocycles. The number of halogens is 2. The summed E-state index contributed by atoms with van der Waals surface area (Å²) in [5.74, 6) is -3.17. The molecule has 0 bridgehead atoms.